The fourth-order valence-electron chi connectivity index (χ4n) is 2.75. The fourth-order valence-corrected chi connectivity index (χ4v) is 3.16. The van der Waals surface area contributed by atoms with Gasteiger partial charge in [0, 0.05) is 32.4 Å². The van der Waals surface area contributed by atoms with Crippen LogP contribution in [0.2, 0.25) is 0 Å². The van der Waals surface area contributed by atoms with Crippen LogP contribution in [0.5, 0.6) is 0 Å². The predicted molar refractivity (Wildman–Crippen MR) is 96.6 cm³/mol. The lowest BCUT2D eigenvalue weighted by molar-refractivity contribution is 0.192. The number of anilines is 1. The van der Waals surface area contributed by atoms with Gasteiger partial charge in [0.05, 0.1) is 23.8 Å². The summed E-state index contributed by atoms with van der Waals surface area (Å²) in [5.74, 6) is 0.856. The van der Waals surface area contributed by atoms with Crippen LogP contribution in [0.4, 0.5) is 5.82 Å². The van der Waals surface area contributed by atoms with E-state index in [0.717, 1.165) is 32.0 Å². The number of hydrogen-bond acceptors (Lipinski definition) is 7. The molecule has 0 aromatic carbocycles. The molecule has 0 saturated carbocycles. The van der Waals surface area contributed by atoms with E-state index < -0.39 is 0 Å². The highest BCUT2D eigenvalue weighted by molar-refractivity contribution is 7.71. The minimum atomic E-state index is -0.175. The van der Waals surface area contributed by atoms with E-state index in [1.165, 1.54) is 0 Å². The first-order valence-corrected chi connectivity index (χ1v) is 8.66. The number of hydrogen-bond donors (Lipinski definition) is 0. The first kappa shape index (κ1) is 17.5. The number of piperazine rings is 1. The molecule has 132 valence electrons. The monoisotopic (exact) mass is 358 g/mol. The standard InChI is InChI=1S/C16H22N8S/c1-16(2,3)24-15(25)23(19-20-24)12-21-6-8-22(9-7-21)14-10-13(11-17)4-5-18-14/h4-5,10H,6-9,12H2,1-3H3. The van der Waals surface area contributed by atoms with Gasteiger partial charge < -0.3 is 4.90 Å². The number of pyridine rings is 1. The van der Waals surface area contributed by atoms with Crippen LogP contribution >= 0.6 is 12.2 Å². The van der Waals surface area contributed by atoms with E-state index in [2.05, 4.69) is 52.1 Å². The van der Waals surface area contributed by atoms with Gasteiger partial charge >= 0.3 is 0 Å². The van der Waals surface area contributed by atoms with Gasteiger partial charge in [0.15, 0.2) is 0 Å². The summed E-state index contributed by atoms with van der Waals surface area (Å²) in [6, 6.07) is 5.72. The van der Waals surface area contributed by atoms with Gasteiger partial charge in [-0.3, -0.25) is 4.90 Å². The smallest absolute Gasteiger partial charge is 0.217 e. The Labute approximate surface area is 152 Å². The SMILES string of the molecule is CC(C)(C)n1nnn(CN2CCN(c3cc(C#N)ccn3)CC2)c1=S. The van der Waals surface area contributed by atoms with E-state index in [4.69, 9.17) is 17.5 Å². The number of aromatic nitrogens is 5. The average Bonchev–Trinajstić information content (AvgIpc) is 2.96. The van der Waals surface area contributed by atoms with Gasteiger partial charge in [0.25, 0.3) is 0 Å². The topological polar surface area (TPSA) is 78.8 Å². The average molecular weight is 358 g/mol. The van der Waals surface area contributed by atoms with Crippen molar-refractivity contribution in [1.82, 2.24) is 29.7 Å². The molecule has 0 aliphatic carbocycles. The minimum Gasteiger partial charge on any atom is -0.354 e. The highest BCUT2D eigenvalue weighted by Gasteiger charge is 2.21. The summed E-state index contributed by atoms with van der Waals surface area (Å²) in [4.78, 5) is 8.86. The normalized spacial score (nSPS) is 16.0. The van der Waals surface area contributed by atoms with E-state index >= 15 is 0 Å². The van der Waals surface area contributed by atoms with E-state index in [9.17, 15) is 0 Å². The molecule has 2 aromatic heterocycles. The second-order valence-corrected chi connectivity index (χ2v) is 7.47. The second kappa shape index (κ2) is 6.90. The highest BCUT2D eigenvalue weighted by Crippen LogP contribution is 2.16. The van der Waals surface area contributed by atoms with Crippen LogP contribution < -0.4 is 4.90 Å². The Hall–Kier alpha value is -2.31. The van der Waals surface area contributed by atoms with E-state index in [1.807, 2.05) is 6.07 Å². The molecule has 0 atom stereocenters. The first-order valence-electron chi connectivity index (χ1n) is 8.25. The Balaban J connectivity index is 1.63. The highest BCUT2D eigenvalue weighted by atomic mass is 32.1. The van der Waals surface area contributed by atoms with Crippen molar-refractivity contribution in [3.63, 3.8) is 0 Å². The molecule has 0 amide bonds. The van der Waals surface area contributed by atoms with Crippen molar-refractivity contribution in [3.8, 4) is 6.07 Å². The largest absolute Gasteiger partial charge is 0.354 e. The van der Waals surface area contributed by atoms with Gasteiger partial charge in [0.1, 0.15) is 5.82 Å². The molecular weight excluding hydrogens is 336 g/mol. The Morgan fingerprint density at radius 3 is 2.52 bits per heavy atom. The van der Waals surface area contributed by atoms with E-state index in [1.54, 1.807) is 21.6 Å². The van der Waals surface area contributed by atoms with Crippen LogP contribution in [-0.2, 0) is 12.2 Å². The van der Waals surface area contributed by atoms with Crippen LogP contribution in [0.25, 0.3) is 0 Å². The van der Waals surface area contributed by atoms with Gasteiger partial charge in [-0.05, 0) is 55.5 Å². The third kappa shape index (κ3) is 3.86. The molecule has 1 aliphatic rings. The van der Waals surface area contributed by atoms with Crippen molar-refractivity contribution >= 4 is 18.0 Å². The Bertz CT molecular complexity index is 833. The summed E-state index contributed by atoms with van der Waals surface area (Å²) in [6.07, 6.45) is 1.68. The van der Waals surface area contributed by atoms with E-state index in [0.29, 0.717) is 17.0 Å². The third-order valence-corrected chi connectivity index (χ3v) is 4.56. The molecular formula is C16H22N8S. The van der Waals surface area contributed by atoms with Gasteiger partial charge in [-0.1, -0.05) is 0 Å². The molecule has 3 rings (SSSR count). The van der Waals surface area contributed by atoms with Gasteiger partial charge in [-0.2, -0.15) is 5.26 Å². The predicted octanol–water partition coefficient (Wildman–Crippen LogP) is 1.61. The molecule has 9 heteroatoms. The van der Waals surface area contributed by atoms with Crippen LogP contribution in [0.1, 0.15) is 26.3 Å². The lowest BCUT2D eigenvalue weighted by Crippen LogP contribution is -2.47. The van der Waals surface area contributed by atoms with Crippen LogP contribution in [0.15, 0.2) is 18.3 Å². The maximum atomic E-state index is 9.02. The fraction of sp³-hybridized carbons (Fsp3) is 0.562. The minimum absolute atomic E-state index is 0.175. The molecule has 0 unspecified atom stereocenters. The van der Waals surface area contributed by atoms with Crippen LogP contribution in [-0.4, -0.2) is 55.9 Å². The first-order chi connectivity index (χ1) is 11.9. The maximum absolute atomic E-state index is 9.02. The second-order valence-electron chi connectivity index (χ2n) is 7.10. The number of rotatable bonds is 3. The van der Waals surface area contributed by atoms with Gasteiger partial charge in [-0.25, -0.2) is 14.3 Å². The summed E-state index contributed by atoms with van der Waals surface area (Å²) in [7, 11) is 0. The molecule has 2 aromatic rings. The summed E-state index contributed by atoms with van der Waals surface area (Å²) in [6.45, 7) is 10.3. The summed E-state index contributed by atoms with van der Waals surface area (Å²) in [5.41, 5.74) is 0.461. The lowest BCUT2D eigenvalue weighted by atomic mass is 10.1. The Kier molecular flexibility index (Phi) is 4.83. The number of nitriles is 1. The van der Waals surface area contributed by atoms with Crippen LogP contribution in [0.3, 0.4) is 0 Å². The molecule has 1 aliphatic heterocycles. The molecule has 0 bridgehead atoms. The van der Waals surface area contributed by atoms with Crippen LogP contribution in [0, 0.1) is 16.1 Å². The quantitative estimate of drug-likeness (QED) is 0.771. The van der Waals surface area contributed by atoms with Crippen molar-refractivity contribution in [2.75, 3.05) is 31.1 Å². The lowest BCUT2D eigenvalue weighted by Gasteiger charge is -2.35. The third-order valence-electron chi connectivity index (χ3n) is 4.18. The zero-order valence-electron chi connectivity index (χ0n) is 14.8. The Morgan fingerprint density at radius 2 is 1.92 bits per heavy atom. The molecule has 0 radical (unpaired) electrons. The van der Waals surface area contributed by atoms with Crippen molar-refractivity contribution in [1.29, 1.82) is 5.26 Å². The van der Waals surface area contributed by atoms with Gasteiger partial charge in [0.2, 0.25) is 4.77 Å². The zero-order chi connectivity index (χ0) is 18.0. The van der Waals surface area contributed by atoms with Crippen molar-refractivity contribution in [2.45, 2.75) is 33.0 Å². The molecule has 3 heterocycles. The number of tetrazole rings is 1. The maximum Gasteiger partial charge on any atom is 0.217 e. The number of nitrogens with zero attached hydrogens (tertiary/aromatic N) is 8. The molecule has 8 nitrogen and oxygen atoms in total. The van der Waals surface area contributed by atoms with Crippen molar-refractivity contribution in [3.05, 3.63) is 28.7 Å². The Morgan fingerprint density at radius 1 is 1.20 bits per heavy atom. The summed E-state index contributed by atoms with van der Waals surface area (Å²) >= 11 is 5.49. The summed E-state index contributed by atoms with van der Waals surface area (Å²) < 4.78 is 4.18. The zero-order valence-corrected chi connectivity index (χ0v) is 15.6. The van der Waals surface area contributed by atoms with Gasteiger partial charge in [-0.15, -0.1) is 0 Å². The molecule has 25 heavy (non-hydrogen) atoms. The molecule has 0 spiro atoms. The molecule has 1 saturated heterocycles. The summed E-state index contributed by atoms with van der Waals surface area (Å²) in [5, 5.41) is 17.4. The van der Waals surface area contributed by atoms with Crippen molar-refractivity contribution < 1.29 is 0 Å². The van der Waals surface area contributed by atoms with E-state index in [-0.39, 0.29) is 5.54 Å². The molecule has 0 N–H and O–H groups in total. The van der Waals surface area contributed by atoms with Crippen molar-refractivity contribution in [2.24, 2.45) is 0 Å². The molecule has 1 fully saturated rings.